The minimum absolute atomic E-state index is 0.0534. The number of fused-ring (bicyclic) bond motifs is 1. The number of anilines is 5. The molecule has 4 aliphatic rings. The minimum Gasteiger partial charge on any atom is -0.495 e. The first-order valence-electron chi connectivity index (χ1n) is 20.3. The number of carbonyl (C=O) groups excluding carboxylic acids is 4. The molecule has 3 aromatic rings. The Morgan fingerprint density at radius 1 is 1.07 bits per heavy atom. The van der Waals surface area contributed by atoms with Crippen LogP contribution in [0.1, 0.15) is 68.8 Å². The van der Waals surface area contributed by atoms with Crippen molar-refractivity contribution in [1.29, 1.82) is 0 Å². The fourth-order valence-corrected chi connectivity index (χ4v) is 8.31. The van der Waals surface area contributed by atoms with Crippen molar-refractivity contribution in [2.45, 2.75) is 82.5 Å². The van der Waals surface area contributed by atoms with Gasteiger partial charge in [0.05, 0.1) is 37.4 Å². The van der Waals surface area contributed by atoms with Crippen molar-refractivity contribution >= 4 is 52.5 Å². The van der Waals surface area contributed by atoms with Gasteiger partial charge in [0.25, 0.3) is 17.7 Å². The fourth-order valence-electron chi connectivity index (χ4n) is 8.31. The van der Waals surface area contributed by atoms with Gasteiger partial charge in [-0.15, -0.1) is 0 Å². The molecule has 318 valence electrons. The van der Waals surface area contributed by atoms with Gasteiger partial charge in [0.15, 0.2) is 5.82 Å². The van der Waals surface area contributed by atoms with Crippen LogP contribution < -0.4 is 35.4 Å². The van der Waals surface area contributed by atoms with E-state index in [0.717, 1.165) is 75.5 Å². The molecule has 0 radical (unpaired) electrons. The Kier molecular flexibility index (Phi) is 12.3. The molecule has 1 unspecified atom stereocenters. The van der Waals surface area contributed by atoms with E-state index in [-0.39, 0.29) is 47.3 Å². The molecule has 19 heteroatoms. The van der Waals surface area contributed by atoms with Crippen molar-refractivity contribution in [2.24, 2.45) is 0 Å². The lowest BCUT2D eigenvalue weighted by atomic mass is 9.90. The van der Waals surface area contributed by atoms with Crippen LogP contribution >= 0.6 is 0 Å². The van der Waals surface area contributed by atoms with Crippen molar-refractivity contribution in [1.82, 2.24) is 40.2 Å². The molecule has 3 fully saturated rings. The van der Waals surface area contributed by atoms with Crippen LogP contribution in [0.5, 0.6) is 5.75 Å². The predicted octanol–water partition coefficient (Wildman–Crippen LogP) is 3.02. The number of ether oxygens (including phenoxy) is 1. The maximum Gasteiger partial charge on any atom is 0.342 e. The molecule has 0 bridgehead atoms. The standard InChI is InChI=1S/C40H54F2N12O5/c1-25(2)53-24-40(41,42)38(58)50(4)32-22-43-39(48-35(32)53)46-30-11-6-26(20-33(30)59-5)36(56)45-27-7-9-28(10-8-27)49(3)14-15-51-16-18-52(19-17-51)29-21-44-54(23-29)31-12-13-34(55)47-37(31)57/h6,11,20-23,25,27-28,31H,7-10,12-19,24H2,1-5H3,(H,45,56)(H,43,46,48)(H,47,55,57). The van der Waals surface area contributed by atoms with Crippen molar-refractivity contribution in [3.63, 3.8) is 0 Å². The molecule has 3 aliphatic heterocycles. The second kappa shape index (κ2) is 17.4. The van der Waals surface area contributed by atoms with Crippen LogP contribution in [-0.2, 0) is 14.4 Å². The SMILES string of the molecule is COc1cc(C(=O)NC2CCC(N(C)CCN3CCN(c4cnn(C5CCC(=O)NC5=O)c4)CC3)CC2)ccc1Nc1ncc2c(n1)N(C(C)C)CC(F)(F)C(=O)N2C. The van der Waals surface area contributed by atoms with Gasteiger partial charge in [-0.2, -0.15) is 18.9 Å². The highest BCUT2D eigenvalue weighted by Crippen LogP contribution is 2.37. The first-order chi connectivity index (χ1) is 28.2. The first kappa shape index (κ1) is 41.7. The molecule has 7 rings (SSSR count). The van der Waals surface area contributed by atoms with Crippen LogP contribution in [0.4, 0.5) is 37.6 Å². The summed E-state index contributed by atoms with van der Waals surface area (Å²) in [6.45, 7) is 8.22. The Labute approximate surface area is 342 Å². The number of piperidine rings is 1. The van der Waals surface area contributed by atoms with Gasteiger partial charge < -0.3 is 35.0 Å². The number of methoxy groups -OCH3 is 1. The maximum absolute atomic E-state index is 14.7. The third-order valence-electron chi connectivity index (χ3n) is 12.0. The number of aromatic nitrogens is 4. The minimum atomic E-state index is -3.60. The second-order valence-electron chi connectivity index (χ2n) is 16.2. The quantitative estimate of drug-likeness (QED) is 0.228. The highest BCUT2D eigenvalue weighted by atomic mass is 19.3. The molecule has 1 aliphatic carbocycles. The summed E-state index contributed by atoms with van der Waals surface area (Å²) in [6, 6.07) is 4.69. The van der Waals surface area contributed by atoms with Crippen LogP contribution in [0.25, 0.3) is 0 Å². The summed E-state index contributed by atoms with van der Waals surface area (Å²) in [5.41, 5.74) is 2.08. The Hall–Kier alpha value is -5.43. The number of nitrogens with zero attached hydrogens (tertiary/aromatic N) is 9. The topological polar surface area (TPSA) is 173 Å². The van der Waals surface area contributed by atoms with Crippen molar-refractivity contribution < 1.29 is 32.7 Å². The van der Waals surface area contributed by atoms with Gasteiger partial charge in [-0.3, -0.25) is 34.1 Å². The molecule has 4 amide bonds. The summed E-state index contributed by atoms with van der Waals surface area (Å²) in [6.07, 6.45) is 9.54. The van der Waals surface area contributed by atoms with Gasteiger partial charge in [0, 0.05) is 82.6 Å². The summed E-state index contributed by atoms with van der Waals surface area (Å²) in [5.74, 6) is -4.95. The second-order valence-corrected chi connectivity index (χ2v) is 16.2. The predicted molar refractivity (Wildman–Crippen MR) is 218 cm³/mol. The van der Waals surface area contributed by atoms with Crippen LogP contribution in [0, 0.1) is 0 Å². The van der Waals surface area contributed by atoms with Crippen molar-refractivity contribution in [3.8, 4) is 5.75 Å². The molecular weight excluding hydrogens is 767 g/mol. The zero-order valence-electron chi connectivity index (χ0n) is 34.3. The number of amides is 4. The summed E-state index contributed by atoms with van der Waals surface area (Å²) in [4.78, 5) is 68.0. The third kappa shape index (κ3) is 9.25. The number of likely N-dealkylation sites (N-methyl/N-ethyl adjacent to an activating group) is 1. The molecule has 17 nitrogen and oxygen atoms in total. The van der Waals surface area contributed by atoms with E-state index in [1.54, 1.807) is 42.9 Å². The first-order valence-corrected chi connectivity index (χ1v) is 20.3. The summed E-state index contributed by atoms with van der Waals surface area (Å²) < 4.78 is 36.8. The lowest BCUT2D eigenvalue weighted by Crippen LogP contribution is -2.49. The van der Waals surface area contributed by atoms with Gasteiger partial charge in [0.2, 0.25) is 11.9 Å². The van der Waals surface area contributed by atoms with Crippen LogP contribution in [0.15, 0.2) is 36.8 Å². The number of rotatable bonds is 12. The number of hydrogen-bond acceptors (Lipinski definition) is 13. The smallest absolute Gasteiger partial charge is 0.342 e. The average Bonchev–Trinajstić information content (AvgIpc) is 3.69. The number of piperazine rings is 1. The normalized spacial score (nSPS) is 22.6. The molecule has 0 spiro atoms. The fraction of sp³-hybridized carbons (Fsp3) is 0.575. The van der Waals surface area contributed by atoms with E-state index in [2.05, 4.69) is 52.8 Å². The Morgan fingerprint density at radius 2 is 1.81 bits per heavy atom. The number of hydrogen-bond donors (Lipinski definition) is 3. The number of imide groups is 1. The van der Waals surface area contributed by atoms with Gasteiger partial charge in [-0.1, -0.05) is 0 Å². The van der Waals surface area contributed by atoms with E-state index in [1.807, 2.05) is 6.20 Å². The monoisotopic (exact) mass is 820 g/mol. The molecule has 3 N–H and O–H groups in total. The highest BCUT2D eigenvalue weighted by Gasteiger charge is 2.47. The molecular formula is C40H54F2N12O5. The van der Waals surface area contributed by atoms with Gasteiger partial charge in [-0.05, 0) is 71.2 Å². The lowest BCUT2D eigenvalue weighted by Gasteiger charge is -2.38. The molecule has 59 heavy (non-hydrogen) atoms. The van der Waals surface area contributed by atoms with Crippen LogP contribution in [-0.4, -0.2) is 144 Å². The molecule has 1 saturated carbocycles. The highest BCUT2D eigenvalue weighted by molar-refractivity contribution is 6.02. The Morgan fingerprint density at radius 3 is 2.51 bits per heavy atom. The largest absolute Gasteiger partial charge is 0.495 e. The molecule has 5 heterocycles. The third-order valence-corrected chi connectivity index (χ3v) is 12.0. The number of alkyl halides is 2. The van der Waals surface area contributed by atoms with E-state index >= 15 is 0 Å². The van der Waals surface area contributed by atoms with Gasteiger partial charge >= 0.3 is 5.92 Å². The zero-order valence-corrected chi connectivity index (χ0v) is 34.3. The van der Waals surface area contributed by atoms with E-state index in [4.69, 9.17) is 4.74 Å². The Bertz CT molecular complexity index is 2030. The average molecular weight is 821 g/mol. The summed E-state index contributed by atoms with van der Waals surface area (Å²) in [5, 5.41) is 13.1. The van der Waals surface area contributed by atoms with E-state index < -0.39 is 24.4 Å². The number of benzene rings is 1. The van der Waals surface area contributed by atoms with Gasteiger partial charge in [-0.25, -0.2) is 4.98 Å². The van der Waals surface area contributed by atoms with Crippen LogP contribution in [0.2, 0.25) is 0 Å². The number of halogens is 2. The number of nitrogens with one attached hydrogen (secondary N) is 3. The van der Waals surface area contributed by atoms with Gasteiger partial charge in [0.1, 0.15) is 17.5 Å². The lowest BCUT2D eigenvalue weighted by molar-refractivity contribution is -0.140. The van der Waals surface area contributed by atoms with Crippen molar-refractivity contribution in [2.75, 3.05) is 87.0 Å². The van der Waals surface area contributed by atoms with Crippen molar-refractivity contribution in [3.05, 3.63) is 42.4 Å². The van der Waals surface area contributed by atoms with E-state index in [9.17, 15) is 28.0 Å². The molecule has 2 aromatic heterocycles. The number of carbonyl (C=O) groups is 4. The molecule has 1 atom stereocenters. The maximum atomic E-state index is 14.7. The molecule has 1 aromatic carbocycles. The van der Waals surface area contributed by atoms with E-state index in [1.165, 1.54) is 25.3 Å². The zero-order chi connectivity index (χ0) is 42.0. The summed E-state index contributed by atoms with van der Waals surface area (Å²) >= 11 is 0. The molecule has 2 saturated heterocycles. The Balaban J connectivity index is 0.861. The van der Waals surface area contributed by atoms with E-state index in [0.29, 0.717) is 35.9 Å². The van der Waals surface area contributed by atoms with Crippen LogP contribution in [0.3, 0.4) is 0 Å². The summed E-state index contributed by atoms with van der Waals surface area (Å²) in [7, 11) is 4.96.